The van der Waals surface area contributed by atoms with Gasteiger partial charge >= 0.3 is 5.97 Å². The third kappa shape index (κ3) is 3.76. The predicted molar refractivity (Wildman–Crippen MR) is 70.8 cm³/mol. The molecule has 1 rings (SSSR count). The van der Waals surface area contributed by atoms with Crippen LogP contribution in [0, 0.1) is 21.4 Å². The van der Waals surface area contributed by atoms with Gasteiger partial charge in [0.2, 0.25) is 0 Å². The summed E-state index contributed by atoms with van der Waals surface area (Å²) in [6.45, 7) is 1.86. The van der Waals surface area contributed by atoms with E-state index in [0.29, 0.717) is 16.5 Å². The fourth-order valence-electron chi connectivity index (χ4n) is 1.57. The molecule has 0 aliphatic heterocycles. The highest BCUT2D eigenvalue weighted by Crippen LogP contribution is 2.25. The predicted octanol–water partition coefficient (Wildman–Crippen LogP) is 2.47. The molecule has 0 aliphatic rings. The van der Waals surface area contributed by atoms with E-state index in [1.54, 1.807) is 6.92 Å². The molecule has 0 radical (unpaired) electrons. The smallest absolute Gasteiger partial charge is 0.310 e. The summed E-state index contributed by atoms with van der Waals surface area (Å²) in [7, 11) is 0. The Bertz CT molecular complexity index is 551. The molecule has 1 aromatic rings. The number of nitrogens with zero attached hydrogens (tertiary/aromatic N) is 2. The van der Waals surface area contributed by atoms with Crippen LogP contribution >= 0.6 is 15.9 Å². The van der Waals surface area contributed by atoms with Crippen LogP contribution in [0.3, 0.4) is 0 Å². The van der Waals surface area contributed by atoms with Crippen LogP contribution in [0.1, 0.15) is 23.6 Å². The van der Waals surface area contributed by atoms with E-state index in [1.165, 1.54) is 12.1 Å². The Morgan fingerprint density at radius 3 is 2.68 bits per heavy atom. The number of halogens is 1. The maximum atomic E-state index is 11.4. The van der Waals surface area contributed by atoms with Gasteiger partial charge in [0, 0.05) is 17.0 Å². The molecule has 0 aliphatic carbocycles. The van der Waals surface area contributed by atoms with Crippen molar-refractivity contribution >= 4 is 27.6 Å². The van der Waals surface area contributed by atoms with E-state index in [9.17, 15) is 14.9 Å². The summed E-state index contributed by atoms with van der Waals surface area (Å²) in [4.78, 5) is 21.8. The van der Waals surface area contributed by atoms with E-state index in [1.807, 2.05) is 6.07 Å². The highest BCUT2D eigenvalue weighted by atomic mass is 79.9. The molecule has 6 nitrogen and oxygen atoms in total. The van der Waals surface area contributed by atoms with Gasteiger partial charge in [0.25, 0.3) is 5.69 Å². The minimum Gasteiger partial charge on any atom is -0.466 e. The van der Waals surface area contributed by atoms with Crippen LogP contribution < -0.4 is 0 Å². The lowest BCUT2D eigenvalue weighted by atomic mass is 10.0. The number of ether oxygens (including phenoxy) is 1. The van der Waals surface area contributed by atoms with Crippen molar-refractivity contribution in [1.82, 2.24) is 0 Å². The van der Waals surface area contributed by atoms with Crippen LogP contribution in [0.4, 0.5) is 5.69 Å². The van der Waals surface area contributed by atoms with Gasteiger partial charge in [-0.15, -0.1) is 0 Å². The Morgan fingerprint density at radius 1 is 1.53 bits per heavy atom. The zero-order chi connectivity index (χ0) is 14.4. The third-order valence-corrected chi connectivity index (χ3v) is 3.01. The lowest BCUT2D eigenvalue weighted by Crippen LogP contribution is -2.10. The second-order valence-corrected chi connectivity index (χ2v) is 4.18. The molecule has 19 heavy (non-hydrogen) atoms. The Labute approximate surface area is 118 Å². The van der Waals surface area contributed by atoms with Crippen molar-refractivity contribution in [2.45, 2.75) is 18.7 Å². The van der Waals surface area contributed by atoms with Crippen molar-refractivity contribution < 1.29 is 14.5 Å². The first-order valence-electron chi connectivity index (χ1n) is 5.45. The summed E-state index contributed by atoms with van der Waals surface area (Å²) in [5.74, 6) is -0.555. The molecular weight excluding hydrogens is 316 g/mol. The zero-order valence-corrected chi connectivity index (χ0v) is 11.8. The number of carbonyl (C=O) groups is 1. The molecule has 0 amide bonds. The molecule has 0 bridgehead atoms. The van der Waals surface area contributed by atoms with Gasteiger partial charge in [-0.2, -0.15) is 5.26 Å². The van der Waals surface area contributed by atoms with Crippen LogP contribution in [-0.2, 0) is 21.3 Å². The fraction of sp³-hybridized carbons (Fsp3) is 0.333. The molecule has 0 atom stereocenters. The first-order valence-corrected chi connectivity index (χ1v) is 6.57. The number of hydrogen-bond donors (Lipinski definition) is 0. The van der Waals surface area contributed by atoms with Crippen molar-refractivity contribution in [2.75, 3.05) is 6.61 Å². The average Bonchev–Trinajstić information content (AvgIpc) is 2.38. The quantitative estimate of drug-likeness (QED) is 0.358. The van der Waals surface area contributed by atoms with Gasteiger partial charge in [-0.05, 0) is 18.6 Å². The van der Waals surface area contributed by atoms with Crippen molar-refractivity contribution in [3.8, 4) is 6.07 Å². The van der Waals surface area contributed by atoms with Crippen molar-refractivity contribution in [3.63, 3.8) is 0 Å². The van der Waals surface area contributed by atoms with Gasteiger partial charge < -0.3 is 4.74 Å². The molecule has 0 unspecified atom stereocenters. The molecular formula is C12H11BrN2O4. The van der Waals surface area contributed by atoms with Crippen LogP contribution in [0.25, 0.3) is 0 Å². The minimum absolute atomic E-state index is 0.179. The van der Waals surface area contributed by atoms with Crippen molar-refractivity contribution in [1.29, 1.82) is 5.26 Å². The van der Waals surface area contributed by atoms with Crippen LogP contribution in [0.5, 0.6) is 0 Å². The molecule has 0 N–H and O–H groups in total. The Kier molecular flexibility index (Phi) is 5.45. The average molecular weight is 327 g/mol. The number of nitro benzene ring substituents is 1. The summed E-state index contributed by atoms with van der Waals surface area (Å²) in [6, 6.07) is 4.63. The number of esters is 1. The molecule has 0 saturated carbocycles. The van der Waals surface area contributed by atoms with Gasteiger partial charge in [0.1, 0.15) is 0 Å². The van der Waals surface area contributed by atoms with Crippen LogP contribution in [-0.4, -0.2) is 17.5 Å². The number of alkyl halides is 1. The van der Waals surface area contributed by atoms with E-state index >= 15 is 0 Å². The first kappa shape index (κ1) is 15.1. The summed E-state index contributed by atoms with van der Waals surface area (Å²) in [5, 5.41) is 20.3. The van der Waals surface area contributed by atoms with E-state index in [0.717, 1.165) is 0 Å². The van der Waals surface area contributed by atoms with Crippen LogP contribution in [0.2, 0.25) is 0 Å². The second-order valence-electron chi connectivity index (χ2n) is 3.62. The Hall–Kier alpha value is -1.94. The van der Waals surface area contributed by atoms with Crippen LogP contribution in [0.15, 0.2) is 12.1 Å². The van der Waals surface area contributed by atoms with Crippen molar-refractivity contribution in [3.05, 3.63) is 38.9 Å². The number of nitriles is 1. The fourth-order valence-corrected chi connectivity index (χ4v) is 2.03. The number of carbonyl (C=O) groups excluding carboxylic acids is 1. The molecule has 0 fully saturated rings. The highest BCUT2D eigenvalue weighted by molar-refractivity contribution is 9.08. The minimum atomic E-state index is -0.568. The standard InChI is InChI=1S/C12H11BrN2O4/c1-2-19-12(16)5-8-3-10(7-14)9(6-13)4-11(8)15(17)18/h3-4H,2,5-6H2,1H3. The Morgan fingerprint density at radius 2 is 2.21 bits per heavy atom. The second kappa shape index (κ2) is 6.85. The lowest BCUT2D eigenvalue weighted by molar-refractivity contribution is -0.385. The van der Waals surface area contributed by atoms with Gasteiger partial charge in [0.15, 0.2) is 0 Å². The zero-order valence-electron chi connectivity index (χ0n) is 10.2. The summed E-state index contributed by atoms with van der Waals surface area (Å²) in [5.41, 5.74) is 0.829. The summed E-state index contributed by atoms with van der Waals surface area (Å²) in [6.07, 6.45) is -0.221. The first-order chi connectivity index (χ1) is 9.03. The highest BCUT2D eigenvalue weighted by Gasteiger charge is 2.20. The van der Waals surface area contributed by atoms with E-state index < -0.39 is 10.9 Å². The molecule has 7 heteroatoms. The number of benzene rings is 1. The lowest BCUT2D eigenvalue weighted by Gasteiger charge is -2.06. The Balaban J connectivity index is 3.24. The molecule has 0 saturated heterocycles. The van der Waals surface area contributed by atoms with Gasteiger partial charge in [-0.3, -0.25) is 14.9 Å². The number of rotatable bonds is 5. The monoisotopic (exact) mass is 326 g/mol. The van der Waals surface area contributed by atoms with E-state index in [-0.39, 0.29) is 24.3 Å². The SMILES string of the molecule is CCOC(=O)Cc1cc(C#N)c(CBr)cc1[N+](=O)[O-]. The van der Waals surface area contributed by atoms with Gasteiger partial charge in [0.05, 0.1) is 29.6 Å². The maximum Gasteiger partial charge on any atom is 0.310 e. The topological polar surface area (TPSA) is 93.2 Å². The van der Waals surface area contributed by atoms with Gasteiger partial charge in [-0.1, -0.05) is 15.9 Å². The number of nitro groups is 1. The molecule has 0 aromatic heterocycles. The van der Waals surface area contributed by atoms with E-state index in [2.05, 4.69) is 15.9 Å². The summed E-state index contributed by atoms with van der Waals surface area (Å²) >= 11 is 3.17. The number of hydrogen-bond acceptors (Lipinski definition) is 5. The van der Waals surface area contributed by atoms with Gasteiger partial charge in [-0.25, -0.2) is 0 Å². The van der Waals surface area contributed by atoms with Crippen molar-refractivity contribution in [2.24, 2.45) is 0 Å². The van der Waals surface area contributed by atoms with E-state index in [4.69, 9.17) is 10.00 Å². The maximum absolute atomic E-state index is 11.4. The largest absolute Gasteiger partial charge is 0.466 e. The third-order valence-electron chi connectivity index (χ3n) is 2.41. The molecule has 0 heterocycles. The normalized spacial score (nSPS) is 9.74. The molecule has 1 aromatic carbocycles. The summed E-state index contributed by atoms with van der Waals surface area (Å²) < 4.78 is 4.76. The molecule has 0 spiro atoms. The molecule has 100 valence electrons.